The van der Waals surface area contributed by atoms with E-state index in [9.17, 15) is 14.0 Å². The molecule has 1 atom stereocenters. The summed E-state index contributed by atoms with van der Waals surface area (Å²) >= 11 is 6.95. The number of hydrogen-bond donors (Lipinski definition) is 1. The Bertz CT molecular complexity index is 760. The van der Waals surface area contributed by atoms with Gasteiger partial charge in [0.15, 0.2) is 0 Å². The normalized spacial score (nSPS) is 17.6. The van der Waals surface area contributed by atoms with Crippen LogP contribution < -0.4 is 5.32 Å². The molecule has 2 heterocycles. The van der Waals surface area contributed by atoms with Crippen LogP contribution in [-0.4, -0.2) is 41.3 Å². The van der Waals surface area contributed by atoms with Gasteiger partial charge in [-0.15, -0.1) is 11.3 Å². The van der Waals surface area contributed by atoms with Crippen molar-refractivity contribution in [3.63, 3.8) is 0 Å². The molecule has 1 aliphatic rings. The Morgan fingerprint density at radius 3 is 2.91 bits per heavy atom. The largest absolute Gasteiger partial charge is 0.344 e. The lowest BCUT2D eigenvalue weighted by Crippen LogP contribution is -2.40. The number of rotatable bonds is 3. The van der Waals surface area contributed by atoms with Crippen molar-refractivity contribution in [1.29, 1.82) is 0 Å². The van der Waals surface area contributed by atoms with Gasteiger partial charge < -0.3 is 10.2 Å². The number of hydrogen-bond acceptors (Lipinski definition) is 4. The van der Waals surface area contributed by atoms with Crippen molar-refractivity contribution >= 4 is 34.8 Å². The van der Waals surface area contributed by atoms with Gasteiger partial charge in [-0.3, -0.25) is 9.59 Å². The molecule has 1 aromatic heterocycles. The second kappa shape index (κ2) is 6.25. The van der Waals surface area contributed by atoms with E-state index >= 15 is 0 Å². The fourth-order valence-corrected chi connectivity index (χ4v) is 3.40. The van der Waals surface area contributed by atoms with Crippen molar-refractivity contribution in [1.82, 2.24) is 15.2 Å². The third kappa shape index (κ3) is 3.35. The Hall–Kier alpha value is -1.99. The van der Waals surface area contributed by atoms with Crippen molar-refractivity contribution < 1.29 is 14.0 Å². The number of amides is 2. The zero-order valence-electron chi connectivity index (χ0n) is 12.2. The Labute approximate surface area is 141 Å². The van der Waals surface area contributed by atoms with Gasteiger partial charge >= 0.3 is 0 Å². The smallest absolute Gasteiger partial charge is 0.263 e. The van der Waals surface area contributed by atoms with Crippen LogP contribution in [0, 0.1) is 5.82 Å². The zero-order chi connectivity index (χ0) is 16.6. The highest BCUT2D eigenvalue weighted by molar-refractivity contribution is 7.16. The molecular formula is C15H13ClFN3O2S. The van der Waals surface area contributed by atoms with Crippen LogP contribution in [0.2, 0.25) is 5.02 Å². The van der Waals surface area contributed by atoms with E-state index in [0.29, 0.717) is 28.4 Å². The minimum Gasteiger partial charge on any atom is -0.344 e. The summed E-state index contributed by atoms with van der Waals surface area (Å²) in [6.45, 7) is 0.625. The summed E-state index contributed by atoms with van der Waals surface area (Å²) < 4.78 is 13.4. The molecule has 0 saturated carbocycles. The number of likely N-dealkylation sites (N-methyl/N-ethyl adjacent to an activating group) is 1. The molecule has 0 radical (unpaired) electrons. The number of benzene rings is 1. The van der Waals surface area contributed by atoms with Gasteiger partial charge in [0.2, 0.25) is 5.91 Å². The van der Waals surface area contributed by atoms with Crippen molar-refractivity contribution in [2.75, 3.05) is 13.6 Å². The molecule has 1 saturated heterocycles. The number of aromatic nitrogens is 1. The zero-order valence-corrected chi connectivity index (χ0v) is 13.7. The van der Waals surface area contributed by atoms with Crippen LogP contribution in [0.4, 0.5) is 4.39 Å². The van der Waals surface area contributed by atoms with Crippen LogP contribution in [0.15, 0.2) is 24.4 Å². The lowest BCUT2D eigenvalue weighted by atomic mass is 10.2. The molecular weight excluding hydrogens is 341 g/mol. The molecule has 0 bridgehead atoms. The molecule has 23 heavy (non-hydrogen) atoms. The highest BCUT2D eigenvalue weighted by Crippen LogP contribution is 2.28. The molecule has 8 heteroatoms. The van der Waals surface area contributed by atoms with Crippen molar-refractivity contribution in [2.24, 2.45) is 0 Å². The molecule has 120 valence electrons. The van der Waals surface area contributed by atoms with Crippen LogP contribution in [0.1, 0.15) is 16.1 Å². The second-order valence-corrected chi connectivity index (χ2v) is 6.73. The molecule has 1 N–H and O–H groups in total. The number of carbonyl (C=O) groups excluding carboxylic acids is 2. The number of nitrogens with zero attached hydrogens (tertiary/aromatic N) is 2. The van der Waals surface area contributed by atoms with Crippen LogP contribution in [-0.2, 0) is 4.79 Å². The first-order valence-electron chi connectivity index (χ1n) is 6.92. The van der Waals surface area contributed by atoms with Gasteiger partial charge in [-0.1, -0.05) is 11.6 Å². The number of likely N-dealkylation sites (tertiary alicyclic amines) is 1. The summed E-state index contributed by atoms with van der Waals surface area (Å²) in [5.41, 5.74) is 0.510. The summed E-state index contributed by atoms with van der Waals surface area (Å²) in [5.74, 6) is -0.918. The number of carbonyl (C=O) groups is 2. The first-order valence-corrected chi connectivity index (χ1v) is 8.11. The van der Waals surface area contributed by atoms with Gasteiger partial charge in [0, 0.05) is 24.2 Å². The van der Waals surface area contributed by atoms with Gasteiger partial charge in [-0.05, 0) is 24.6 Å². The fourth-order valence-electron chi connectivity index (χ4n) is 2.38. The van der Waals surface area contributed by atoms with E-state index in [2.05, 4.69) is 10.3 Å². The second-order valence-electron chi connectivity index (χ2n) is 5.26. The van der Waals surface area contributed by atoms with Crippen LogP contribution in [0.25, 0.3) is 10.6 Å². The summed E-state index contributed by atoms with van der Waals surface area (Å²) in [7, 11) is 1.70. The van der Waals surface area contributed by atoms with Gasteiger partial charge in [-0.25, -0.2) is 9.37 Å². The summed E-state index contributed by atoms with van der Waals surface area (Å²) in [4.78, 5) is 30.1. The van der Waals surface area contributed by atoms with Gasteiger partial charge in [0.1, 0.15) is 21.7 Å². The Balaban J connectivity index is 1.76. The standard InChI is InChI=1S/C15H13ClFN3O2S/c1-20-3-2-11(15(20)22)19-13(21)12-7-18-14(23-12)8-4-9(16)6-10(17)5-8/h4-7,11H,2-3H2,1H3,(H,19,21). The topological polar surface area (TPSA) is 62.3 Å². The van der Waals surface area contributed by atoms with E-state index in [4.69, 9.17) is 11.6 Å². The molecule has 3 rings (SSSR count). The van der Waals surface area contributed by atoms with Gasteiger partial charge in [0.25, 0.3) is 5.91 Å². The van der Waals surface area contributed by atoms with E-state index < -0.39 is 11.9 Å². The van der Waals surface area contributed by atoms with Crippen LogP contribution >= 0.6 is 22.9 Å². The Morgan fingerprint density at radius 2 is 2.26 bits per heavy atom. The lowest BCUT2D eigenvalue weighted by molar-refractivity contribution is -0.128. The van der Waals surface area contributed by atoms with Gasteiger partial charge in [-0.2, -0.15) is 0 Å². The maximum absolute atomic E-state index is 13.4. The monoisotopic (exact) mass is 353 g/mol. The summed E-state index contributed by atoms with van der Waals surface area (Å²) in [6, 6.07) is 3.60. The van der Waals surface area contributed by atoms with Crippen LogP contribution in [0.5, 0.6) is 0 Å². The molecule has 0 spiro atoms. The predicted molar refractivity (Wildman–Crippen MR) is 86.0 cm³/mol. The van der Waals surface area contributed by atoms with E-state index in [-0.39, 0.29) is 16.8 Å². The summed E-state index contributed by atoms with van der Waals surface area (Å²) in [5, 5.41) is 3.46. The lowest BCUT2D eigenvalue weighted by Gasteiger charge is -2.11. The molecule has 1 unspecified atom stereocenters. The van der Waals surface area contributed by atoms with E-state index in [0.717, 1.165) is 11.3 Å². The first-order chi connectivity index (χ1) is 10.9. The van der Waals surface area contributed by atoms with Gasteiger partial charge in [0.05, 0.1) is 6.20 Å². The third-order valence-corrected chi connectivity index (χ3v) is 4.84. The average molecular weight is 354 g/mol. The SMILES string of the molecule is CN1CCC(NC(=O)c2cnc(-c3cc(F)cc(Cl)c3)s2)C1=O. The quantitative estimate of drug-likeness (QED) is 0.922. The van der Waals surface area contributed by atoms with Crippen molar-refractivity contribution in [3.8, 4) is 10.6 Å². The molecule has 2 aromatic rings. The predicted octanol–water partition coefficient (Wildman–Crippen LogP) is 2.56. The molecule has 1 aromatic carbocycles. The fraction of sp³-hybridized carbons (Fsp3) is 0.267. The van der Waals surface area contributed by atoms with E-state index in [1.165, 1.54) is 18.3 Å². The highest BCUT2D eigenvalue weighted by atomic mass is 35.5. The van der Waals surface area contributed by atoms with E-state index in [1.54, 1.807) is 18.0 Å². The Kier molecular flexibility index (Phi) is 4.32. The highest BCUT2D eigenvalue weighted by Gasteiger charge is 2.30. The number of nitrogens with one attached hydrogen (secondary N) is 1. The van der Waals surface area contributed by atoms with E-state index in [1.807, 2.05) is 0 Å². The molecule has 0 aliphatic carbocycles. The summed E-state index contributed by atoms with van der Waals surface area (Å²) in [6.07, 6.45) is 2.00. The van der Waals surface area contributed by atoms with Crippen molar-refractivity contribution in [2.45, 2.75) is 12.5 Å². The average Bonchev–Trinajstić information content (AvgIpc) is 3.09. The first kappa shape index (κ1) is 15.9. The molecule has 1 fully saturated rings. The minimum atomic E-state index is -0.498. The molecule has 1 aliphatic heterocycles. The maximum atomic E-state index is 13.4. The molecule has 2 amide bonds. The maximum Gasteiger partial charge on any atom is 0.263 e. The minimum absolute atomic E-state index is 0.0972. The van der Waals surface area contributed by atoms with Crippen LogP contribution in [0.3, 0.4) is 0 Å². The van der Waals surface area contributed by atoms with Crippen molar-refractivity contribution in [3.05, 3.63) is 40.1 Å². The number of halogens is 2. The third-order valence-electron chi connectivity index (χ3n) is 3.57. The Morgan fingerprint density at radius 1 is 1.48 bits per heavy atom. The molecule has 5 nitrogen and oxygen atoms in total. The number of thiazole rings is 1.